The maximum absolute atomic E-state index is 12.7. The number of fused-ring (bicyclic) bond motifs is 1. The van der Waals surface area contributed by atoms with Gasteiger partial charge in [0.1, 0.15) is 18.3 Å². The monoisotopic (exact) mass is 410 g/mol. The van der Waals surface area contributed by atoms with Gasteiger partial charge in [-0.2, -0.15) is 0 Å². The number of esters is 1. The second kappa shape index (κ2) is 8.23. The molecule has 2 aliphatic carbocycles. The van der Waals surface area contributed by atoms with E-state index in [1.54, 1.807) is 0 Å². The van der Waals surface area contributed by atoms with Crippen molar-refractivity contribution in [2.45, 2.75) is 97.6 Å². The third-order valence-electron chi connectivity index (χ3n) is 7.66. The zero-order valence-electron chi connectivity index (χ0n) is 19.5. The van der Waals surface area contributed by atoms with Crippen LogP contribution in [-0.4, -0.2) is 37.7 Å². The maximum Gasteiger partial charge on any atom is 0.331 e. The number of aliphatic hydroxyl groups is 1. The highest BCUT2D eigenvalue weighted by molar-refractivity contribution is 6.74. The summed E-state index contributed by atoms with van der Waals surface area (Å²) in [6.45, 7) is 19.2. The van der Waals surface area contributed by atoms with E-state index >= 15 is 0 Å². The fourth-order valence-corrected chi connectivity index (χ4v) is 5.31. The van der Waals surface area contributed by atoms with Crippen molar-refractivity contribution in [3.8, 4) is 0 Å². The lowest BCUT2D eigenvalue weighted by molar-refractivity contribution is -0.173. The summed E-state index contributed by atoms with van der Waals surface area (Å²) in [6.07, 6.45) is 4.56. The molecule has 0 unspecified atom stereocenters. The van der Waals surface area contributed by atoms with Crippen LogP contribution in [0.4, 0.5) is 0 Å². The lowest BCUT2D eigenvalue weighted by atomic mass is 9.77. The third kappa shape index (κ3) is 4.90. The van der Waals surface area contributed by atoms with Gasteiger partial charge in [-0.3, -0.25) is 0 Å². The Morgan fingerprint density at radius 1 is 1.32 bits per heavy atom. The van der Waals surface area contributed by atoms with Gasteiger partial charge in [-0.1, -0.05) is 53.2 Å². The van der Waals surface area contributed by atoms with E-state index in [1.807, 2.05) is 6.92 Å². The van der Waals surface area contributed by atoms with Crippen LogP contribution in [0, 0.1) is 23.7 Å². The van der Waals surface area contributed by atoms with Gasteiger partial charge in [0.15, 0.2) is 8.32 Å². The van der Waals surface area contributed by atoms with E-state index in [-0.39, 0.29) is 23.5 Å². The first-order valence-corrected chi connectivity index (χ1v) is 13.8. The second-order valence-electron chi connectivity index (χ2n) is 11.1. The van der Waals surface area contributed by atoms with Crippen LogP contribution in [0.25, 0.3) is 0 Å². The Kier molecular flexibility index (Phi) is 6.95. The van der Waals surface area contributed by atoms with Crippen LogP contribution in [0.1, 0.15) is 67.7 Å². The van der Waals surface area contributed by atoms with Crippen molar-refractivity contribution in [2.24, 2.45) is 23.7 Å². The summed E-state index contributed by atoms with van der Waals surface area (Å²) in [6, 6.07) is 0. The average molecular weight is 411 g/mol. The van der Waals surface area contributed by atoms with Crippen molar-refractivity contribution in [2.75, 3.05) is 6.61 Å². The Balaban J connectivity index is 2.15. The first-order valence-electron chi connectivity index (χ1n) is 10.9. The first-order chi connectivity index (χ1) is 12.7. The van der Waals surface area contributed by atoms with Crippen LogP contribution in [-0.2, 0) is 14.0 Å². The van der Waals surface area contributed by atoms with E-state index in [0.29, 0.717) is 24.2 Å². The van der Waals surface area contributed by atoms with Crippen molar-refractivity contribution in [3.63, 3.8) is 0 Å². The van der Waals surface area contributed by atoms with E-state index in [2.05, 4.69) is 60.7 Å². The van der Waals surface area contributed by atoms with Crippen LogP contribution >= 0.6 is 0 Å². The summed E-state index contributed by atoms with van der Waals surface area (Å²) in [5.74, 6) is 1.08. The minimum atomic E-state index is -2.02. The Labute approximate surface area is 173 Å². The van der Waals surface area contributed by atoms with Gasteiger partial charge in [-0.05, 0) is 61.6 Å². The standard InChI is InChI=1S/C23H42O4Si/c1-15(2)17-12-18-16(3)10-11-19(18)23(7,25)20(13-17)27-21(24)14-26-28(8,9)22(4,5)6/h12,15-16,18-20,25H,10-11,13-14H2,1-9H3/t16-,18-,19-,20-,23+/m0/s1. The molecular weight excluding hydrogens is 368 g/mol. The average Bonchev–Trinajstić information content (AvgIpc) is 2.86. The molecule has 0 spiro atoms. The highest BCUT2D eigenvalue weighted by atomic mass is 28.4. The van der Waals surface area contributed by atoms with Gasteiger partial charge in [0.2, 0.25) is 0 Å². The molecule has 162 valence electrons. The lowest BCUT2D eigenvalue weighted by Crippen LogP contribution is -2.49. The normalized spacial score (nSPS) is 34.0. The molecule has 1 fully saturated rings. The lowest BCUT2D eigenvalue weighted by Gasteiger charge is -2.39. The van der Waals surface area contributed by atoms with Gasteiger partial charge in [-0.15, -0.1) is 0 Å². The summed E-state index contributed by atoms with van der Waals surface area (Å²) in [5, 5.41) is 11.5. The molecular formula is C23H42O4Si. The molecule has 1 N–H and O–H groups in total. The number of hydrogen-bond acceptors (Lipinski definition) is 4. The molecule has 2 aliphatic rings. The fourth-order valence-electron chi connectivity index (χ4n) is 4.40. The molecule has 0 aromatic rings. The molecule has 0 radical (unpaired) electrons. The second-order valence-corrected chi connectivity index (χ2v) is 15.9. The molecule has 4 nitrogen and oxygen atoms in total. The largest absolute Gasteiger partial charge is 0.457 e. The third-order valence-corrected chi connectivity index (χ3v) is 12.1. The molecule has 0 aromatic heterocycles. The number of rotatable bonds is 5. The minimum absolute atomic E-state index is 0.0334. The number of ether oxygens (including phenoxy) is 1. The Bertz CT molecular complexity index is 600. The van der Waals surface area contributed by atoms with Crippen LogP contribution < -0.4 is 0 Å². The molecule has 0 bridgehead atoms. The molecule has 0 aromatic carbocycles. The highest BCUT2D eigenvalue weighted by Gasteiger charge is 2.51. The van der Waals surface area contributed by atoms with Gasteiger partial charge in [0.05, 0.1) is 0 Å². The predicted octanol–water partition coefficient (Wildman–Crippen LogP) is 5.32. The molecule has 5 heteroatoms. The van der Waals surface area contributed by atoms with Gasteiger partial charge in [-0.25, -0.2) is 4.79 Å². The number of allylic oxidation sites excluding steroid dienone is 1. The summed E-state index contributed by atoms with van der Waals surface area (Å²) in [7, 11) is -2.02. The van der Waals surface area contributed by atoms with Gasteiger partial charge < -0.3 is 14.3 Å². The van der Waals surface area contributed by atoms with Gasteiger partial charge in [0.25, 0.3) is 0 Å². The topological polar surface area (TPSA) is 55.8 Å². The summed E-state index contributed by atoms with van der Waals surface area (Å²) in [5.41, 5.74) is 0.277. The number of hydrogen-bond donors (Lipinski definition) is 1. The number of carbonyl (C=O) groups is 1. The van der Waals surface area contributed by atoms with Crippen LogP contribution in [0.5, 0.6) is 0 Å². The Morgan fingerprint density at radius 2 is 1.93 bits per heavy atom. The Hall–Kier alpha value is -0.653. The van der Waals surface area contributed by atoms with Crippen molar-refractivity contribution in [3.05, 3.63) is 11.6 Å². The van der Waals surface area contributed by atoms with E-state index in [4.69, 9.17) is 9.16 Å². The van der Waals surface area contributed by atoms with Gasteiger partial charge >= 0.3 is 5.97 Å². The molecule has 0 saturated heterocycles. The zero-order chi connectivity index (χ0) is 21.5. The predicted molar refractivity (Wildman–Crippen MR) is 117 cm³/mol. The molecule has 2 rings (SSSR count). The summed E-state index contributed by atoms with van der Waals surface area (Å²) in [4.78, 5) is 12.7. The van der Waals surface area contributed by atoms with E-state index in [1.165, 1.54) is 5.57 Å². The molecule has 5 atom stereocenters. The van der Waals surface area contributed by atoms with Gasteiger partial charge in [0, 0.05) is 6.42 Å². The van der Waals surface area contributed by atoms with Crippen molar-refractivity contribution >= 4 is 14.3 Å². The van der Waals surface area contributed by atoms with E-state index in [9.17, 15) is 9.90 Å². The molecule has 0 amide bonds. The molecule has 0 aliphatic heterocycles. The first kappa shape index (κ1) is 23.6. The van der Waals surface area contributed by atoms with Crippen LogP contribution in [0.3, 0.4) is 0 Å². The summed E-state index contributed by atoms with van der Waals surface area (Å²) < 4.78 is 11.9. The van der Waals surface area contributed by atoms with E-state index < -0.39 is 20.0 Å². The van der Waals surface area contributed by atoms with Crippen molar-refractivity contribution < 1.29 is 19.1 Å². The zero-order valence-corrected chi connectivity index (χ0v) is 20.5. The smallest absolute Gasteiger partial charge is 0.331 e. The molecule has 1 saturated carbocycles. The Morgan fingerprint density at radius 3 is 2.46 bits per heavy atom. The molecule has 28 heavy (non-hydrogen) atoms. The summed E-state index contributed by atoms with van der Waals surface area (Å²) >= 11 is 0. The highest BCUT2D eigenvalue weighted by Crippen LogP contribution is 2.49. The quantitative estimate of drug-likeness (QED) is 0.379. The minimum Gasteiger partial charge on any atom is -0.457 e. The molecule has 0 heterocycles. The van der Waals surface area contributed by atoms with Crippen LogP contribution in [0.2, 0.25) is 18.1 Å². The van der Waals surface area contributed by atoms with Crippen molar-refractivity contribution in [1.82, 2.24) is 0 Å². The SMILES string of the molecule is CC(C)C1=C[C@H]2[C@@H](C)CC[C@@H]2[C@@](C)(O)[C@@H](OC(=O)CO[Si](C)(C)C(C)(C)C)C1. The van der Waals surface area contributed by atoms with Crippen molar-refractivity contribution in [1.29, 1.82) is 0 Å². The maximum atomic E-state index is 12.7. The van der Waals surface area contributed by atoms with E-state index in [0.717, 1.165) is 12.8 Å². The van der Waals surface area contributed by atoms with Crippen LogP contribution in [0.15, 0.2) is 11.6 Å². The number of carbonyl (C=O) groups excluding carboxylic acids is 1. The fraction of sp³-hybridized carbons (Fsp3) is 0.870.